The number of hydrogen-bond acceptors (Lipinski definition) is 4. The van der Waals surface area contributed by atoms with Crippen molar-refractivity contribution in [2.45, 2.75) is 45.4 Å². The van der Waals surface area contributed by atoms with Gasteiger partial charge in [-0.25, -0.2) is 14.8 Å². The van der Waals surface area contributed by atoms with Crippen molar-refractivity contribution >= 4 is 17.0 Å². The fourth-order valence-corrected chi connectivity index (χ4v) is 3.91. The van der Waals surface area contributed by atoms with Gasteiger partial charge < -0.3 is 9.84 Å². The van der Waals surface area contributed by atoms with Crippen LogP contribution in [-0.4, -0.2) is 32.2 Å². The number of nitrogens with zero attached hydrogens (tertiary/aromatic N) is 3. The summed E-state index contributed by atoms with van der Waals surface area (Å²) < 4.78 is 8.04. The second-order valence-corrected chi connectivity index (χ2v) is 8.09. The summed E-state index contributed by atoms with van der Waals surface area (Å²) in [6.07, 6.45) is 7.31. The molecule has 0 aliphatic rings. The van der Waals surface area contributed by atoms with Crippen LogP contribution >= 0.6 is 0 Å². The Bertz CT molecular complexity index is 1220. The summed E-state index contributed by atoms with van der Waals surface area (Å²) in [5.74, 6) is 0.323. The molecule has 0 saturated carbocycles. The van der Waals surface area contributed by atoms with Crippen LogP contribution < -0.4 is 4.74 Å². The molecule has 0 fully saturated rings. The first-order valence-corrected chi connectivity index (χ1v) is 11.6. The van der Waals surface area contributed by atoms with Crippen molar-refractivity contribution in [3.8, 4) is 23.0 Å². The maximum atomic E-state index is 11.4. The molecule has 4 aromatic rings. The summed E-state index contributed by atoms with van der Waals surface area (Å²) in [6, 6.07) is 20.7. The van der Waals surface area contributed by atoms with Crippen molar-refractivity contribution in [1.29, 1.82) is 0 Å². The van der Waals surface area contributed by atoms with Gasteiger partial charge in [0.2, 0.25) is 0 Å². The lowest BCUT2D eigenvalue weighted by atomic mass is 10.1. The largest absolute Gasteiger partial charge is 0.494 e. The van der Waals surface area contributed by atoms with E-state index in [1.807, 2.05) is 53.1 Å². The molecule has 0 spiro atoms. The van der Waals surface area contributed by atoms with E-state index in [0.29, 0.717) is 18.1 Å². The smallest absolute Gasteiger partial charge is 0.354 e. The second-order valence-electron chi connectivity index (χ2n) is 8.09. The molecule has 0 radical (unpaired) electrons. The number of fused-ring (bicyclic) bond motifs is 1. The second kappa shape index (κ2) is 10.8. The Kier molecular flexibility index (Phi) is 7.35. The van der Waals surface area contributed by atoms with Crippen LogP contribution in [0.4, 0.5) is 0 Å². The SMILES string of the molecule is CCCCCCCCOc1ccc2nc(-c3cccc(C(=O)O)n3)n(-c3ccccc3)c2c1. The van der Waals surface area contributed by atoms with Gasteiger partial charge >= 0.3 is 5.97 Å². The molecule has 33 heavy (non-hydrogen) atoms. The van der Waals surface area contributed by atoms with Crippen molar-refractivity contribution in [1.82, 2.24) is 14.5 Å². The van der Waals surface area contributed by atoms with Gasteiger partial charge in [-0.1, -0.05) is 63.3 Å². The Labute approximate surface area is 193 Å². The van der Waals surface area contributed by atoms with Gasteiger partial charge in [0.15, 0.2) is 5.82 Å². The third-order valence-electron chi connectivity index (χ3n) is 5.60. The third-order valence-corrected chi connectivity index (χ3v) is 5.60. The molecule has 0 unspecified atom stereocenters. The average Bonchev–Trinajstić information content (AvgIpc) is 3.23. The molecular formula is C27H29N3O3. The summed E-state index contributed by atoms with van der Waals surface area (Å²) >= 11 is 0. The number of imidazole rings is 1. The lowest BCUT2D eigenvalue weighted by Crippen LogP contribution is -2.03. The highest BCUT2D eigenvalue weighted by Crippen LogP contribution is 2.30. The lowest BCUT2D eigenvalue weighted by Gasteiger charge is -2.10. The fourth-order valence-electron chi connectivity index (χ4n) is 3.91. The molecule has 1 N–H and O–H groups in total. The molecule has 0 aliphatic heterocycles. The molecule has 0 bridgehead atoms. The van der Waals surface area contributed by atoms with Gasteiger partial charge in [0, 0.05) is 11.8 Å². The molecular weight excluding hydrogens is 414 g/mol. The van der Waals surface area contributed by atoms with E-state index in [4.69, 9.17) is 9.72 Å². The predicted octanol–water partition coefficient (Wildman–Crippen LogP) is 6.53. The molecule has 0 saturated heterocycles. The maximum absolute atomic E-state index is 11.4. The quantitative estimate of drug-likeness (QED) is 0.267. The Morgan fingerprint density at radius 2 is 1.70 bits per heavy atom. The van der Waals surface area contributed by atoms with Crippen molar-refractivity contribution < 1.29 is 14.6 Å². The first-order valence-electron chi connectivity index (χ1n) is 11.6. The number of rotatable bonds is 11. The number of carboxylic acid groups (broad SMARTS) is 1. The van der Waals surface area contributed by atoms with E-state index in [0.717, 1.165) is 28.9 Å². The minimum Gasteiger partial charge on any atom is -0.494 e. The minimum absolute atomic E-state index is 0.0119. The predicted molar refractivity (Wildman–Crippen MR) is 130 cm³/mol. The Morgan fingerprint density at radius 1 is 0.909 bits per heavy atom. The molecule has 4 rings (SSSR count). The number of unbranched alkanes of at least 4 members (excludes halogenated alkanes) is 5. The molecule has 170 valence electrons. The average molecular weight is 444 g/mol. The van der Waals surface area contributed by atoms with Gasteiger partial charge in [-0.3, -0.25) is 4.57 Å². The number of aromatic nitrogens is 3. The highest BCUT2D eigenvalue weighted by Gasteiger charge is 2.17. The van der Waals surface area contributed by atoms with Gasteiger partial charge in [-0.2, -0.15) is 0 Å². The van der Waals surface area contributed by atoms with E-state index in [9.17, 15) is 9.90 Å². The molecule has 6 nitrogen and oxygen atoms in total. The lowest BCUT2D eigenvalue weighted by molar-refractivity contribution is 0.0690. The monoisotopic (exact) mass is 443 g/mol. The summed E-state index contributed by atoms with van der Waals surface area (Å²) in [6.45, 7) is 2.91. The Morgan fingerprint density at radius 3 is 2.48 bits per heavy atom. The summed E-state index contributed by atoms with van der Waals surface area (Å²) in [4.78, 5) is 20.6. The third kappa shape index (κ3) is 5.40. The van der Waals surface area contributed by atoms with E-state index in [-0.39, 0.29) is 5.69 Å². The van der Waals surface area contributed by atoms with Gasteiger partial charge in [0.1, 0.15) is 17.1 Å². The standard InChI is InChI=1S/C27H29N3O3/c1-2-3-4-5-6-10-18-33-21-16-17-22-25(19-21)30(20-12-8-7-9-13-20)26(29-22)23-14-11-15-24(28-23)27(31)32/h7-9,11-17,19H,2-6,10,18H2,1H3,(H,31,32). The zero-order valence-corrected chi connectivity index (χ0v) is 18.9. The number of pyridine rings is 1. The van der Waals surface area contributed by atoms with Crippen LogP contribution in [-0.2, 0) is 0 Å². The maximum Gasteiger partial charge on any atom is 0.354 e. The molecule has 2 aromatic carbocycles. The van der Waals surface area contributed by atoms with Gasteiger partial charge in [0.25, 0.3) is 0 Å². The van der Waals surface area contributed by atoms with Crippen molar-refractivity contribution in [2.75, 3.05) is 6.61 Å². The van der Waals surface area contributed by atoms with Crippen molar-refractivity contribution in [2.24, 2.45) is 0 Å². The minimum atomic E-state index is -1.07. The first kappa shape index (κ1) is 22.5. The van der Waals surface area contributed by atoms with E-state index in [1.54, 1.807) is 12.1 Å². The zero-order chi connectivity index (χ0) is 23.0. The van der Waals surface area contributed by atoms with Crippen LogP contribution in [0.5, 0.6) is 5.75 Å². The van der Waals surface area contributed by atoms with E-state index in [1.165, 1.54) is 38.2 Å². The highest BCUT2D eigenvalue weighted by atomic mass is 16.5. The molecule has 2 aromatic heterocycles. The van der Waals surface area contributed by atoms with Gasteiger partial charge in [0.05, 0.1) is 17.6 Å². The van der Waals surface area contributed by atoms with E-state index in [2.05, 4.69) is 11.9 Å². The van der Waals surface area contributed by atoms with Gasteiger partial charge in [-0.15, -0.1) is 0 Å². The van der Waals surface area contributed by atoms with Crippen molar-refractivity contribution in [3.63, 3.8) is 0 Å². The van der Waals surface area contributed by atoms with E-state index < -0.39 is 5.97 Å². The van der Waals surface area contributed by atoms with Crippen LogP contribution in [0.2, 0.25) is 0 Å². The molecule has 0 atom stereocenters. The Hall–Kier alpha value is -3.67. The summed E-state index contributed by atoms with van der Waals surface area (Å²) in [7, 11) is 0. The number of benzene rings is 2. The Balaban J connectivity index is 1.65. The van der Waals surface area contributed by atoms with Crippen LogP contribution in [0.1, 0.15) is 55.9 Å². The zero-order valence-electron chi connectivity index (χ0n) is 18.9. The van der Waals surface area contributed by atoms with Gasteiger partial charge in [-0.05, 0) is 42.8 Å². The number of para-hydroxylation sites is 1. The molecule has 2 heterocycles. The molecule has 0 amide bonds. The topological polar surface area (TPSA) is 77.2 Å². The van der Waals surface area contributed by atoms with E-state index >= 15 is 0 Å². The molecule has 0 aliphatic carbocycles. The normalized spacial score (nSPS) is 11.1. The number of carboxylic acids is 1. The first-order chi connectivity index (χ1) is 16.2. The van der Waals surface area contributed by atoms with Crippen LogP contribution in [0.3, 0.4) is 0 Å². The summed E-state index contributed by atoms with van der Waals surface area (Å²) in [5.41, 5.74) is 3.10. The number of hydrogen-bond donors (Lipinski definition) is 1. The number of ether oxygens (including phenoxy) is 1. The fraction of sp³-hybridized carbons (Fsp3) is 0.296. The summed E-state index contributed by atoms with van der Waals surface area (Å²) in [5, 5.41) is 9.38. The van der Waals surface area contributed by atoms with Crippen LogP contribution in [0.25, 0.3) is 28.2 Å². The van der Waals surface area contributed by atoms with Crippen molar-refractivity contribution in [3.05, 3.63) is 72.4 Å². The number of carbonyl (C=O) groups is 1. The van der Waals surface area contributed by atoms with Crippen LogP contribution in [0, 0.1) is 0 Å². The highest BCUT2D eigenvalue weighted by molar-refractivity contribution is 5.87. The number of aromatic carboxylic acids is 1. The molecule has 6 heteroatoms. The van der Waals surface area contributed by atoms with Crippen LogP contribution in [0.15, 0.2) is 66.7 Å².